The number of rotatable bonds is 6. The molecule has 218 valence electrons. The van der Waals surface area contributed by atoms with E-state index in [1.807, 2.05) is 40.7 Å². The third kappa shape index (κ3) is 4.07. The van der Waals surface area contributed by atoms with Crippen molar-refractivity contribution in [3.63, 3.8) is 0 Å². The Labute approximate surface area is 236 Å². The SMILES string of the molecule is CCC(C)C(=O)OC1[C@H]2CC3=C4CC(=O)O[C@@H](c5ccoc5)[C@]4(C)CCC3[C@@](C)(C2=O)[C@@H](CC(=O)OC)C1(C)C. The number of ether oxygens (including phenoxy) is 3. The Bertz CT molecular complexity index is 1240. The van der Waals surface area contributed by atoms with Gasteiger partial charge >= 0.3 is 17.9 Å². The van der Waals surface area contributed by atoms with Crippen LogP contribution in [0.15, 0.2) is 34.2 Å². The van der Waals surface area contributed by atoms with E-state index in [4.69, 9.17) is 18.6 Å². The van der Waals surface area contributed by atoms with Gasteiger partial charge in [0.05, 0.1) is 37.9 Å². The molecule has 3 unspecified atom stereocenters. The van der Waals surface area contributed by atoms with Crippen molar-refractivity contribution in [2.24, 2.45) is 39.9 Å². The maximum absolute atomic E-state index is 14.5. The largest absolute Gasteiger partial charge is 0.472 e. The number of cyclic esters (lactones) is 1. The van der Waals surface area contributed by atoms with Gasteiger partial charge in [-0.25, -0.2) is 0 Å². The van der Waals surface area contributed by atoms with Crippen LogP contribution in [0.3, 0.4) is 0 Å². The molecule has 2 saturated carbocycles. The summed E-state index contributed by atoms with van der Waals surface area (Å²) < 4.78 is 22.6. The maximum Gasteiger partial charge on any atom is 0.310 e. The monoisotopic (exact) mass is 554 g/mol. The molecule has 5 rings (SSSR count). The van der Waals surface area contributed by atoms with E-state index in [0.717, 1.165) is 29.6 Å². The highest BCUT2D eigenvalue weighted by Gasteiger charge is 2.68. The highest BCUT2D eigenvalue weighted by Crippen LogP contribution is 2.68. The van der Waals surface area contributed by atoms with Crippen LogP contribution in [0.4, 0.5) is 0 Å². The number of hydrogen-bond donors (Lipinski definition) is 0. The molecule has 4 aliphatic rings. The smallest absolute Gasteiger partial charge is 0.310 e. The molecule has 0 radical (unpaired) electrons. The molecular weight excluding hydrogens is 512 g/mol. The molecule has 0 aromatic carbocycles. The van der Waals surface area contributed by atoms with Crippen molar-refractivity contribution in [1.82, 2.24) is 0 Å². The van der Waals surface area contributed by atoms with Crippen LogP contribution in [0.2, 0.25) is 0 Å². The van der Waals surface area contributed by atoms with Gasteiger partial charge in [0.2, 0.25) is 0 Å². The second-order valence-corrected chi connectivity index (χ2v) is 13.4. The van der Waals surface area contributed by atoms with Crippen molar-refractivity contribution in [3.8, 4) is 0 Å². The number of carbonyl (C=O) groups excluding carboxylic acids is 4. The summed E-state index contributed by atoms with van der Waals surface area (Å²) in [5, 5.41) is 0. The Kier molecular flexibility index (Phi) is 7.07. The lowest BCUT2D eigenvalue weighted by molar-refractivity contribution is -0.200. The molecule has 0 spiro atoms. The number of esters is 3. The first kappa shape index (κ1) is 28.6. The molecule has 1 aromatic rings. The van der Waals surface area contributed by atoms with E-state index in [1.54, 1.807) is 12.5 Å². The number of carbonyl (C=O) groups is 4. The lowest BCUT2D eigenvalue weighted by atomic mass is 9.40. The molecule has 8 nitrogen and oxygen atoms in total. The van der Waals surface area contributed by atoms with E-state index in [0.29, 0.717) is 12.8 Å². The molecule has 0 amide bonds. The van der Waals surface area contributed by atoms with Crippen molar-refractivity contribution in [1.29, 1.82) is 0 Å². The minimum atomic E-state index is -0.879. The van der Waals surface area contributed by atoms with Crippen LogP contribution >= 0.6 is 0 Å². The zero-order chi connectivity index (χ0) is 29.2. The summed E-state index contributed by atoms with van der Waals surface area (Å²) in [6.45, 7) is 11.9. The predicted molar refractivity (Wildman–Crippen MR) is 144 cm³/mol. The minimum Gasteiger partial charge on any atom is -0.472 e. The van der Waals surface area contributed by atoms with Crippen molar-refractivity contribution in [2.45, 2.75) is 92.3 Å². The number of ketones is 1. The summed E-state index contributed by atoms with van der Waals surface area (Å²) in [6.07, 6.45) is 4.74. The Balaban J connectivity index is 1.67. The fraction of sp³-hybridized carbons (Fsp3) is 0.688. The first-order chi connectivity index (χ1) is 18.8. The average molecular weight is 555 g/mol. The van der Waals surface area contributed by atoms with Gasteiger partial charge in [-0.05, 0) is 49.2 Å². The fourth-order valence-corrected chi connectivity index (χ4v) is 8.60. The van der Waals surface area contributed by atoms with Gasteiger partial charge in [-0.15, -0.1) is 0 Å². The highest BCUT2D eigenvalue weighted by molar-refractivity contribution is 5.92. The zero-order valence-corrected chi connectivity index (χ0v) is 24.7. The fourth-order valence-electron chi connectivity index (χ4n) is 8.60. The first-order valence-corrected chi connectivity index (χ1v) is 14.6. The van der Waals surface area contributed by atoms with Crippen LogP contribution in [0.1, 0.15) is 91.7 Å². The molecular formula is C32H42O8. The number of methoxy groups -OCH3 is 1. The van der Waals surface area contributed by atoms with Gasteiger partial charge in [0.25, 0.3) is 0 Å². The number of Topliss-reactive ketones (excluding diaryl/α,β-unsaturated/α-hetero) is 1. The van der Waals surface area contributed by atoms with Crippen molar-refractivity contribution in [2.75, 3.05) is 7.11 Å². The van der Waals surface area contributed by atoms with Crippen molar-refractivity contribution >= 4 is 23.7 Å². The molecule has 8 atom stereocenters. The number of furan rings is 1. The van der Waals surface area contributed by atoms with Gasteiger partial charge in [0.15, 0.2) is 0 Å². The lowest BCUT2D eigenvalue weighted by Gasteiger charge is -2.63. The standard InChI is InChI=1S/C32H42O8/c1-8-17(2)29(36)40-28-20-13-19-21(32(6,26(20)35)23(30(28,3)4)15-24(33)37-7)9-11-31(5)22(19)14-25(34)39-27(31)18-10-12-38-16-18/h10,12,16-17,20-21,23,27-28H,8-9,11,13-15H2,1-7H3/t17?,20-,21?,23-,27-,28?,31+,32+/m0/s1. The lowest BCUT2D eigenvalue weighted by Crippen LogP contribution is -2.66. The summed E-state index contributed by atoms with van der Waals surface area (Å²) in [6, 6.07) is 1.84. The normalized spacial score (nSPS) is 37.1. The Morgan fingerprint density at radius 2 is 1.90 bits per heavy atom. The Hall–Kier alpha value is -2.90. The van der Waals surface area contributed by atoms with E-state index >= 15 is 0 Å². The van der Waals surface area contributed by atoms with E-state index in [9.17, 15) is 19.2 Å². The van der Waals surface area contributed by atoms with E-state index in [1.165, 1.54) is 7.11 Å². The summed E-state index contributed by atoms with van der Waals surface area (Å²) >= 11 is 0. The van der Waals surface area contributed by atoms with Gasteiger partial charge < -0.3 is 18.6 Å². The Morgan fingerprint density at radius 3 is 2.52 bits per heavy atom. The van der Waals surface area contributed by atoms with Crippen molar-refractivity contribution in [3.05, 3.63) is 35.3 Å². The number of fused-ring (bicyclic) bond motifs is 5. The van der Waals surface area contributed by atoms with E-state index in [-0.39, 0.29) is 48.4 Å². The Morgan fingerprint density at radius 1 is 1.18 bits per heavy atom. The summed E-state index contributed by atoms with van der Waals surface area (Å²) in [4.78, 5) is 53.4. The molecule has 1 aromatic heterocycles. The zero-order valence-electron chi connectivity index (χ0n) is 24.7. The molecule has 40 heavy (non-hydrogen) atoms. The van der Waals surface area contributed by atoms with Crippen LogP contribution in [-0.4, -0.2) is 36.9 Å². The maximum atomic E-state index is 14.5. The third-order valence-electron chi connectivity index (χ3n) is 11.1. The molecule has 3 aliphatic carbocycles. The van der Waals surface area contributed by atoms with E-state index < -0.39 is 40.3 Å². The first-order valence-electron chi connectivity index (χ1n) is 14.6. The predicted octanol–water partition coefficient (Wildman–Crippen LogP) is 5.75. The summed E-state index contributed by atoms with van der Waals surface area (Å²) in [7, 11) is 1.36. The van der Waals surface area contributed by atoms with Gasteiger partial charge in [-0.3, -0.25) is 19.2 Å². The van der Waals surface area contributed by atoms with Crippen LogP contribution in [0.25, 0.3) is 0 Å². The van der Waals surface area contributed by atoms with Crippen LogP contribution < -0.4 is 0 Å². The quantitative estimate of drug-likeness (QED) is 0.248. The van der Waals surface area contributed by atoms with Gasteiger partial charge in [0, 0.05) is 28.2 Å². The van der Waals surface area contributed by atoms with Gasteiger partial charge in [-0.1, -0.05) is 47.1 Å². The molecule has 8 heteroatoms. The second-order valence-electron chi connectivity index (χ2n) is 13.4. The summed E-state index contributed by atoms with van der Waals surface area (Å²) in [5.74, 6) is -2.39. The molecule has 1 saturated heterocycles. The summed E-state index contributed by atoms with van der Waals surface area (Å²) in [5.41, 5.74) is 0.947. The van der Waals surface area contributed by atoms with Crippen LogP contribution in [0, 0.1) is 39.9 Å². The minimum absolute atomic E-state index is 0.0467. The topological polar surface area (TPSA) is 109 Å². The molecule has 0 N–H and O–H groups in total. The van der Waals surface area contributed by atoms with Crippen LogP contribution in [-0.2, 0) is 33.4 Å². The number of hydrogen-bond acceptors (Lipinski definition) is 8. The molecule has 3 fully saturated rings. The molecule has 1 aliphatic heterocycles. The third-order valence-corrected chi connectivity index (χ3v) is 11.1. The second kappa shape index (κ2) is 9.88. The van der Waals surface area contributed by atoms with Crippen LogP contribution in [0.5, 0.6) is 0 Å². The molecule has 2 heterocycles. The highest BCUT2D eigenvalue weighted by atomic mass is 16.6. The van der Waals surface area contributed by atoms with Crippen molar-refractivity contribution < 1.29 is 37.8 Å². The molecule has 2 bridgehead atoms. The van der Waals surface area contributed by atoms with Gasteiger partial charge in [0.1, 0.15) is 18.0 Å². The average Bonchev–Trinajstić information content (AvgIpc) is 3.45. The van der Waals surface area contributed by atoms with Gasteiger partial charge in [-0.2, -0.15) is 0 Å². The number of allylic oxidation sites excluding steroid dienone is 1. The van der Waals surface area contributed by atoms with E-state index in [2.05, 4.69) is 6.92 Å².